The lowest BCUT2D eigenvalue weighted by Crippen LogP contribution is -2.05. The number of carboxylic acid groups (broad SMARTS) is 1. The molecule has 4 nitrogen and oxygen atoms in total. The third-order valence-electron chi connectivity index (χ3n) is 2.64. The molecule has 0 bridgehead atoms. The summed E-state index contributed by atoms with van der Waals surface area (Å²) in [5.41, 5.74) is 1.44. The van der Waals surface area contributed by atoms with Gasteiger partial charge in [0, 0.05) is 4.90 Å². The molecule has 98 valence electrons. The molecule has 1 N–H and O–H groups in total. The van der Waals surface area contributed by atoms with Crippen LogP contribution in [0.1, 0.15) is 21.7 Å². The lowest BCUT2D eigenvalue weighted by molar-refractivity contribution is 0.0690. The van der Waals surface area contributed by atoms with E-state index < -0.39 is 16.8 Å². The van der Waals surface area contributed by atoms with Gasteiger partial charge in [-0.25, -0.2) is 9.78 Å². The molecule has 2 rings (SSSR count). The summed E-state index contributed by atoms with van der Waals surface area (Å²) < 4.78 is 12.2. The second-order valence-electron chi connectivity index (χ2n) is 4.07. The van der Waals surface area contributed by atoms with Crippen LogP contribution in [0.25, 0.3) is 0 Å². The van der Waals surface area contributed by atoms with Gasteiger partial charge in [-0.1, -0.05) is 24.3 Å². The van der Waals surface area contributed by atoms with E-state index in [0.717, 1.165) is 10.5 Å². The van der Waals surface area contributed by atoms with Crippen LogP contribution in [0.4, 0.5) is 0 Å². The van der Waals surface area contributed by atoms with Crippen molar-refractivity contribution in [3.8, 4) is 0 Å². The van der Waals surface area contributed by atoms with Crippen molar-refractivity contribution in [1.29, 1.82) is 0 Å². The number of benzene rings is 1. The summed E-state index contributed by atoms with van der Waals surface area (Å²) in [7, 11) is -1.22. The van der Waals surface area contributed by atoms with Crippen molar-refractivity contribution >= 4 is 16.8 Å². The Morgan fingerprint density at radius 2 is 1.95 bits per heavy atom. The van der Waals surface area contributed by atoms with Crippen molar-refractivity contribution in [1.82, 2.24) is 4.98 Å². The molecular weight excluding hydrogens is 262 g/mol. The molecule has 0 amide bonds. The Morgan fingerprint density at radius 1 is 1.21 bits per heavy atom. The van der Waals surface area contributed by atoms with E-state index in [0.29, 0.717) is 5.69 Å². The maximum Gasteiger partial charge on any atom is 0.354 e. The molecule has 0 fully saturated rings. The van der Waals surface area contributed by atoms with Crippen LogP contribution in [0.5, 0.6) is 0 Å². The zero-order chi connectivity index (χ0) is 13.8. The van der Waals surface area contributed by atoms with Crippen LogP contribution in [0, 0.1) is 6.92 Å². The molecule has 1 atom stereocenters. The van der Waals surface area contributed by atoms with E-state index in [1.165, 1.54) is 6.07 Å². The predicted octanol–water partition coefficient (Wildman–Crippen LogP) is 2.40. The average Bonchev–Trinajstić information content (AvgIpc) is 2.39. The SMILES string of the molecule is Cc1ccccc1S(=O)Cc1cccc(C(=O)O)n1. The molecule has 1 aromatic heterocycles. The highest BCUT2D eigenvalue weighted by molar-refractivity contribution is 7.84. The third kappa shape index (κ3) is 3.26. The summed E-state index contributed by atoms with van der Waals surface area (Å²) in [6, 6.07) is 12.1. The maximum absolute atomic E-state index is 12.2. The fourth-order valence-electron chi connectivity index (χ4n) is 1.70. The smallest absolute Gasteiger partial charge is 0.354 e. The fourth-order valence-corrected chi connectivity index (χ4v) is 2.95. The average molecular weight is 275 g/mol. The third-order valence-corrected chi connectivity index (χ3v) is 4.15. The molecule has 5 heteroatoms. The first-order valence-corrected chi connectivity index (χ1v) is 7.03. The molecule has 19 heavy (non-hydrogen) atoms. The number of aryl methyl sites for hydroxylation is 1. The quantitative estimate of drug-likeness (QED) is 0.930. The highest BCUT2D eigenvalue weighted by Gasteiger charge is 2.10. The van der Waals surface area contributed by atoms with Gasteiger partial charge in [-0.15, -0.1) is 0 Å². The molecule has 0 aliphatic carbocycles. The summed E-state index contributed by atoms with van der Waals surface area (Å²) >= 11 is 0. The van der Waals surface area contributed by atoms with E-state index in [1.807, 2.05) is 31.2 Å². The Balaban J connectivity index is 2.22. The molecular formula is C14H13NO3S. The number of rotatable bonds is 4. The molecule has 0 spiro atoms. The van der Waals surface area contributed by atoms with Gasteiger partial charge in [0.25, 0.3) is 0 Å². The Labute approximate surface area is 113 Å². The van der Waals surface area contributed by atoms with Gasteiger partial charge < -0.3 is 5.11 Å². The van der Waals surface area contributed by atoms with E-state index in [4.69, 9.17) is 5.11 Å². The monoisotopic (exact) mass is 275 g/mol. The zero-order valence-electron chi connectivity index (χ0n) is 10.4. The van der Waals surface area contributed by atoms with E-state index >= 15 is 0 Å². The van der Waals surface area contributed by atoms with Gasteiger partial charge in [0.05, 0.1) is 22.2 Å². The molecule has 1 aromatic carbocycles. The summed E-state index contributed by atoms with van der Waals surface area (Å²) in [4.78, 5) is 15.6. The van der Waals surface area contributed by atoms with E-state index in [-0.39, 0.29) is 11.4 Å². The van der Waals surface area contributed by atoms with Gasteiger partial charge in [-0.05, 0) is 30.7 Å². The van der Waals surface area contributed by atoms with Gasteiger partial charge in [-0.3, -0.25) is 4.21 Å². The first-order valence-electron chi connectivity index (χ1n) is 5.71. The van der Waals surface area contributed by atoms with Crippen molar-refractivity contribution in [2.24, 2.45) is 0 Å². The Bertz CT molecular complexity index is 640. The number of carbonyl (C=O) groups is 1. The number of pyridine rings is 1. The number of hydrogen-bond donors (Lipinski definition) is 1. The van der Waals surface area contributed by atoms with Crippen LogP contribution < -0.4 is 0 Å². The summed E-state index contributed by atoms with van der Waals surface area (Å²) in [5, 5.41) is 8.87. The molecule has 0 radical (unpaired) electrons. The van der Waals surface area contributed by atoms with Crippen molar-refractivity contribution < 1.29 is 14.1 Å². The molecule has 2 aromatic rings. The van der Waals surface area contributed by atoms with Crippen LogP contribution >= 0.6 is 0 Å². The topological polar surface area (TPSA) is 67.3 Å². The summed E-state index contributed by atoms with van der Waals surface area (Å²) in [6.45, 7) is 1.90. The second kappa shape index (κ2) is 5.75. The van der Waals surface area contributed by atoms with Crippen molar-refractivity contribution in [3.05, 3.63) is 59.4 Å². The fraction of sp³-hybridized carbons (Fsp3) is 0.143. The van der Waals surface area contributed by atoms with Gasteiger partial charge >= 0.3 is 5.97 Å². The van der Waals surface area contributed by atoms with Gasteiger partial charge in [0.2, 0.25) is 0 Å². The van der Waals surface area contributed by atoms with Crippen molar-refractivity contribution in [2.45, 2.75) is 17.6 Å². The van der Waals surface area contributed by atoms with E-state index in [1.54, 1.807) is 12.1 Å². The second-order valence-corrected chi connectivity index (χ2v) is 5.49. The van der Waals surface area contributed by atoms with E-state index in [2.05, 4.69) is 4.98 Å². The first-order chi connectivity index (χ1) is 9.08. The standard InChI is InChI=1S/C14H13NO3S/c1-10-5-2-3-8-13(10)19(18)9-11-6-4-7-12(15-11)14(16)17/h2-8H,9H2,1H3,(H,16,17). The van der Waals surface area contributed by atoms with Crippen LogP contribution in [0.2, 0.25) is 0 Å². The number of carboxylic acids is 1. The largest absolute Gasteiger partial charge is 0.477 e. The highest BCUT2D eigenvalue weighted by Crippen LogP contribution is 2.15. The molecule has 0 aliphatic heterocycles. The summed E-state index contributed by atoms with van der Waals surface area (Å²) in [6.07, 6.45) is 0. The Kier molecular flexibility index (Phi) is 4.06. The normalized spacial score (nSPS) is 12.1. The maximum atomic E-state index is 12.2. The van der Waals surface area contributed by atoms with Crippen LogP contribution in [0.3, 0.4) is 0 Å². The molecule has 0 saturated carbocycles. The minimum absolute atomic E-state index is 0.0284. The lowest BCUT2D eigenvalue weighted by Gasteiger charge is -2.05. The first kappa shape index (κ1) is 13.4. The Hall–Kier alpha value is -2.01. The number of nitrogens with zero attached hydrogens (tertiary/aromatic N) is 1. The lowest BCUT2D eigenvalue weighted by atomic mass is 10.2. The van der Waals surface area contributed by atoms with Crippen molar-refractivity contribution in [3.63, 3.8) is 0 Å². The predicted molar refractivity (Wildman–Crippen MR) is 72.5 cm³/mol. The van der Waals surface area contributed by atoms with Crippen LogP contribution in [0.15, 0.2) is 47.4 Å². The number of aromatic carboxylic acids is 1. The number of aromatic nitrogens is 1. The van der Waals surface area contributed by atoms with Gasteiger partial charge in [-0.2, -0.15) is 0 Å². The minimum atomic E-state index is -1.22. The van der Waals surface area contributed by atoms with Crippen LogP contribution in [-0.2, 0) is 16.6 Å². The minimum Gasteiger partial charge on any atom is -0.477 e. The van der Waals surface area contributed by atoms with Crippen molar-refractivity contribution in [2.75, 3.05) is 0 Å². The zero-order valence-corrected chi connectivity index (χ0v) is 11.2. The van der Waals surface area contributed by atoms with Gasteiger partial charge in [0.1, 0.15) is 5.69 Å². The molecule has 1 heterocycles. The Morgan fingerprint density at radius 3 is 2.63 bits per heavy atom. The molecule has 0 saturated heterocycles. The molecule has 1 unspecified atom stereocenters. The van der Waals surface area contributed by atoms with E-state index in [9.17, 15) is 9.00 Å². The summed E-state index contributed by atoms with van der Waals surface area (Å²) in [5.74, 6) is -0.866. The number of hydrogen-bond acceptors (Lipinski definition) is 3. The van der Waals surface area contributed by atoms with Gasteiger partial charge in [0.15, 0.2) is 0 Å². The highest BCUT2D eigenvalue weighted by atomic mass is 32.2. The van der Waals surface area contributed by atoms with Crippen LogP contribution in [-0.4, -0.2) is 20.3 Å². The molecule has 0 aliphatic rings.